The van der Waals surface area contributed by atoms with Gasteiger partial charge in [0.05, 0.1) is 11.7 Å². The number of nitrogens with one attached hydrogen (secondary N) is 1. The third-order valence-corrected chi connectivity index (χ3v) is 2.95. The summed E-state index contributed by atoms with van der Waals surface area (Å²) < 4.78 is 1.09. The predicted octanol–water partition coefficient (Wildman–Crippen LogP) is 3.54. The fourth-order valence-electron chi connectivity index (χ4n) is 1.66. The molecule has 0 aliphatic heterocycles. The molecule has 2 nitrogen and oxygen atoms in total. The van der Waals surface area contributed by atoms with Crippen LogP contribution in [0.25, 0.3) is 0 Å². The topological polar surface area (TPSA) is 24.9 Å². The SMILES string of the molecule is CCNC(CC(C)C)c1ncccc1Br. The van der Waals surface area contributed by atoms with E-state index in [0.29, 0.717) is 12.0 Å². The Labute approximate surface area is 101 Å². The molecule has 1 aromatic rings. The molecule has 0 fully saturated rings. The van der Waals surface area contributed by atoms with Crippen LogP contribution in [0.4, 0.5) is 0 Å². The zero-order valence-electron chi connectivity index (χ0n) is 9.63. The van der Waals surface area contributed by atoms with E-state index in [1.165, 1.54) is 0 Å². The molecule has 1 heterocycles. The summed E-state index contributed by atoms with van der Waals surface area (Å²) in [7, 11) is 0. The van der Waals surface area contributed by atoms with E-state index in [-0.39, 0.29) is 0 Å². The second-order valence-electron chi connectivity index (χ2n) is 4.11. The minimum atomic E-state index is 0.352. The van der Waals surface area contributed by atoms with Crippen LogP contribution in [0.15, 0.2) is 22.8 Å². The van der Waals surface area contributed by atoms with E-state index in [0.717, 1.165) is 23.1 Å². The molecule has 0 aliphatic carbocycles. The molecule has 0 bridgehead atoms. The van der Waals surface area contributed by atoms with Crippen molar-refractivity contribution in [2.24, 2.45) is 5.92 Å². The lowest BCUT2D eigenvalue weighted by Gasteiger charge is -2.20. The largest absolute Gasteiger partial charge is 0.309 e. The maximum atomic E-state index is 4.44. The quantitative estimate of drug-likeness (QED) is 0.886. The van der Waals surface area contributed by atoms with Crippen molar-refractivity contribution >= 4 is 15.9 Å². The van der Waals surface area contributed by atoms with Gasteiger partial charge in [0, 0.05) is 10.7 Å². The van der Waals surface area contributed by atoms with Crippen LogP contribution in [-0.4, -0.2) is 11.5 Å². The van der Waals surface area contributed by atoms with Gasteiger partial charge in [-0.05, 0) is 46.9 Å². The second kappa shape index (κ2) is 6.23. The van der Waals surface area contributed by atoms with Gasteiger partial charge in [0.25, 0.3) is 0 Å². The van der Waals surface area contributed by atoms with Crippen molar-refractivity contribution in [3.8, 4) is 0 Å². The van der Waals surface area contributed by atoms with Crippen LogP contribution in [0.1, 0.15) is 38.9 Å². The standard InChI is InChI=1S/C12H19BrN2/c1-4-14-11(8-9(2)3)12-10(13)6-5-7-15-12/h5-7,9,11,14H,4,8H2,1-3H3. The van der Waals surface area contributed by atoms with Gasteiger partial charge >= 0.3 is 0 Å². The Morgan fingerprint density at radius 1 is 1.47 bits per heavy atom. The first-order chi connectivity index (χ1) is 7.15. The van der Waals surface area contributed by atoms with Gasteiger partial charge in [-0.25, -0.2) is 0 Å². The van der Waals surface area contributed by atoms with Crippen molar-refractivity contribution in [1.29, 1.82) is 0 Å². The normalized spacial score (nSPS) is 13.1. The number of hydrogen-bond donors (Lipinski definition) is 1. The van der Waals surface area contributed by atoms with Crippen LogP contribution in [0, 0.1) is 5.92 Å². The van der Waals surface area contributed by atoms with Gasteiger partial charge in [0.15, 0.2) is 0 Å². The number of aromatic nitrogens is 1. The first kappa shape index (κ1) is 12.7. The molecule has 0 saturated carbocycles. The van der Waals surface area contributed by atoms with Crippen LogP contribution in [0.3, 0.4) is 0 Å². The first-order valence-electron chi connectivity index (χ1n) is 5.49. The number of pyridine rings is 1. The van der Waals surface area contributed by atoms with Crippen molar-refractivity contribution in [3.63, 3.8) is 0 Å². The molecule has 3 heteroatoms. The summed E-state index contributed by atoms with van der Waals surface area (Å²) in [4.78, 5) is 4.44. The third-order valence-electron chi connectivity index (χ3n) is 2.27. The first-order valence-corrected chi connectivity index (χ1v) is 6.28. The van der Waals surface area contributed by atoms with Gasteiger partial charge in [-0.3, -0.25) is 4.98 Å². The Morgan fingerprint density at radius 2 is 2.20 bits per heavy atom. The Balaban J connectivity index is 2.83. The fourth-order valence-corrected chi connectivity index (χ4v) is 2.20. The minimum Gasteiger partial charge on any atom is -0.309 e. The number of halogens is 1. The molecule has 1 N–H and O–H groups in total. The summed E-state index contributed by atoms with van der Waals surface area (Å²) in [6, 6.07) is 4.35. The average Bonchev–Trinajstić information content (AvgIpc) is 2.17. The van der Waals surface area contributed by atoms with E-state index in [1.54, 1.807) is 0 Å². The summed E-state index contributed by atoms with van der Waals surface area (Å²) in [5.41, 5.74) is 1.12. The van der Waals surface area contributed by atoms with Crippen molar-refractivity contribution in [2.75, 3.05) is 6.54 Å². The maximum Gasteiger partial charge on any atom is 0.0714 e. The van der Waals surface area contributed by atoms with Crippen molar-refractivity contribution in [2.45, 2.75) is 33.2 Å². The van der Waals surface area contributed by atoms with E-state index < -0.39 is 0 Å². The molecule has 0 aliphatic rings. The van der Waals surface area contributed by atoms with Crippen LogP contribution >= 0.6 is 15.9 Å². The number of rotatable bonds is 5. The van der Waals surface area contributed by atoms with Gasteiger partial charge in [-0.15, -0.1) is 0 Å². The molecule has 0 aromatic carbocycles. The molecule has 1 rings (SSSR count). The summed E-state index contributed by atoms with van der Waals surface area (Å²) in [6.45, 7) is 7.58. The zero-order valence-corrected chi connectivity index (χ0v) is 11.2. The molecule has 0 spiro atoms. The van der Waals surface area contributed by atoms with Gasteiger partial charge < -0.3 is 5.32 Å². The Morgan fingerprint density at radius 3 is 2.73 bits per heavy atom. The number of hydrogen-bond acceptors (Lipinski definition) is 2. The molecule has 15 heavy (non-hydrogen) atoms. The molecular formula is C12H19BrN2. The van der Waals surface area contributed by atoms with Crippen molar-refractivity contribution < 1.29 is 0 Å². The lowest BCUT2D eigenvalue weighted by atomic mass is 10.0. The molecular weight excluding hydrogens is 252 g/mol. The monoisotopic (exact) mass is 270 g/mol. The molecule has 1 atom stereocenters. The smallest absolute Gasteiger partial charge is 0.0714 e. The minimum absolute atomic E-state index is 0.352. The molecule has 0 saturated heterocycles. The summed E-state index contributed by atoms with van der Waals surface area (Å²) >= 11 is 3.55. The van der Waals surface area contributed by atoms with Crippen molar-refractivity contribution in [3.05, 3.63) is 28.5 Å². The van der Waals surface area contributed by atoms with E-state index in [2.05, 4.69) is 47.0 Å². The van der Waals surface area contributed by atoms with Crippen LogP contribution < -0.4 is 5.32 Å². The summed E-state index contributed by atoms with van der Waals surface area (Å²) in [5.74, 6) is 0.669. The lowest BCUT2D eigenvalue weighted by Crippen LogP contribution is -2.23. The summed E-state index contributed by atoms with van der Waals surface area (Å²) in [6.07, 6.45) is 2.97. The Hall–Kier alpha value is -0.410. The van der Waals surface area contributed by atoms with Crippen LogP contribution in [0.2, 0.25) is 0 Å². The van der Waals surface area contributed by atoms with E-state index >= 15 is 0 Å². The highest BCUT2D eigenvalue weighted by atomic mass is 79.9. The molecule has 1 aromatic heterocycles. The Kier molecular flexibility index (Phi) is 5.26. The van der Waals surface area contributed by atoms with Gasteiger partial charge in [-0.2, -0.15) is 0 Å². The van der Waals surface area contributed by atoms with Crippen LogP contribution in [0.5, 0.6) is 0 Å². The molecule has 0 amide bonds. The lowest BCUT2D eigenvalue weighted by molar-refractivity contribution is 0.429. The van der Waals surface area contributed by atoms with Gasteiger partial charge in [-0.1, -0.05) is 20.8 Å². The highest BCUT2D eigenvalue weighted by Crippen LogP contribution is 2.25. The predicted molar refractivity (Wildman–Crippen MR) is 67.8 cm³/mol. The van der Waals surface area contributed by atoms with E-state index in [1.807, 2.05) is 18.3 Å². The van der Waals surface area contributed by atoms with Crippen molar-refractivity contribution in [1.82, 2.24) is 10.3 Å². The maximum absolute atomic E-state index is 4.44. The van der Waals surface area contributed by atoms with Gasteiger partial charge in [0.1, 0.15) is 0 Å². The van der Waals surface area contributed by atoms with E-state index in [4.69, 9.17) is 0 Å². The average molecular weight is 271 g/mol. The van der Waals surface area contributed by atoms with E-state index in [9.17, 15) is 0 Å². The fraction of sp³-hybridized carbons (Fsp3) is 0.583. The molecule has 1 unspecified atom stereocenters. The van der Waals surface area contributed by atoms with Gasteiger partial charge in [0.2, 0.25) is 0 Å². The molecule has 84 valence electrons. The summed E-state index contributed by atoms with van der Waals surface area (Å²) in [5, 5.41) is 3.48. The molecule has 0 radical (unpaired) electrons. The highest BCUT2D eigenvalue weighted by Gasteiger charge is 2.15. The zero-order chi connectivity index (χ0) is 11.3. The number of nitrogens with zero attached hydrogens (tertiary/aromatic N) is 1. The van der Waals surface area contributed by atoms with Crippen LogP contribution in [-0.2, 0) is 0 Å². The third kappa shape index (κ3) is 3.92. The Bertz CT molecular complexity index is 299. The highest BCUT2D eigenvalue weighted by molar-refractivity contribution is 9.10. The second-order valence-corrected chi connectivity index (χ2v) is 4.96.